The van der Waals surface area contributed by atoms with E-state index in [4.69, 9.17) is 0 Å². The van der Waals surface area contributed by atoms with Crippen molar-refractivity contribution >= 4 is 5.91 Å². The van der Waals surface area contributed by atoms with Crippen molar-refractivity contribution in [2.24, 2.45) is 0 Å². The summed E-state index contributed by atoms with van der Waals surface area (Å²) in [7, 11) is 2.01. The molecule has 0 spiro atoms. The van der Waals surface area contributed by atoms with Crippen LogP contribution in [0.15, 0.2) is 12.4 Å². The molecule has 112 valence electrons. The Morgan fingerprint density at radius 3 is 2.70 bits per heavy atom. The lowest BCUT2D eigenvalue weighted by atomic mass is 10.1. The molecule has 20 heavy (non-hydrogen) atoms. The predicted molar refractivity (Wildman–Crippen MR) is 79.3 cm³/mol. The van der Waals surface area contributed by atoms with Crippen LogP contribution in [0.1, 0.15) is 38.7 Å². The Bertz CT molecular complexity index is 437. The smallest absolute Gasteiger partial charge is 0.239 e. The minimum absolute atomic E-state index is 0.0712. The molecule has 1 amide bonds. The molecule has 2 rings (SSSR count). The summed E-state index contributed by atoms with van der Waals surface area (Å²) < 4.78 is 1.92. The minimum atomic E-state index is -0.0712. The molecule has 1 aliphatic rings. The highest BCUT2D eigenvalue weighted by molar-refractivity contribution is 5.81. The van der Waals surface area contributed by atoms with E-state index >= 15 is 0 Å². The molecular weight excluding hydrogens is 252 g/mol. The molecule has 5 heteroatoms. The second-order valence-corrected chi connectivity index (χ2v) is 5.68. The molecule has 1 saturated heterocycles. The Morgan fingerprint density at radius 2 is 2.10 bits per heavy atom. The molecule has 0 unspecified atom stereocenters. The van der Waals surface area contributed by atoms with Crippen LogP contribution < -0.4 is 0 Å². The fraction of sp³-hybridized carbons (Fsp3) is 0.733. The predicted octanol–water partition coefficient (Wildman–Crippen LogP) is 1.74. The van der Waals surface area contributed by atoms with Gasteiger partial charge in [-0.15, -0.1) is 0 Å². The first-order valence-corrected chi connectivity index (χ1v) is 7.62. The van der Waals surface area contributed by atoms with Crippen LogP contribution in [0.2, 0.25) is 0 Å². The van der Waals surface area contributed by atoms with Gasteiger partial charge in [0.25, 0.3) is 0 Å². The Hall–Kier alpha value is -1.36. The van der Waals surface area contributed by atoms with Gasteiger partial charge in [-0.1, -0.05) is 0 Å². The summed E-state index contributed by atoms with van der Waals surface area (Å²) in [6, 6.07) is -0.0712. The standard InChI is InChI=1S/C15H26N4O/c1-4-19-12-14(10-16-19)11-17(3)13(2)15(20)18-8-6-5-7-9-18/h10,12-13H,4-9,11H2,1-3H3/t13-/m1/s1. The van der Waals surface area contributed by atoms with E-state index in [1.165, 1.54) is 6.42 Å². The van der Waals surface area contributed by atoms with E-state index in [2.05, 4.69) is 23.1 Å². The van der Waals surface area contributed by atoms with Crippen LogP contribution in [0, 0.1) is 0 Å². The minimum Gasteiger partial charge on any atom is -0.341 e. The molecule has 0 bridgehead atoms. The molecule has 1 aromatic heterocycles. The van der Waals surface area contributed by atoms with Crippen LogP contribution in [0.5, 0.6) is 0 Å². The first-order valence-electron chi connectivity index (χ1n) is 7.62. The SMILES string of the molecule is CCn1cc(CN(C)[C@H](C)C(=O)N2CCCCC2)cn1. The van der Waals surface area contributed by atoms with Crippen molar-refractivity contribution in [1.82, 2.24) is 19.6 Å². The quantitative estimate of drug-likeness (QED) is 0.824. The third-order valence-corrected chi connectivity index (χ3v) is 4.13. The van der Waals surface area contributed by atoms with E-state index in [1.54, 1.807) is 0 Å². The van der Waals surface area contributed by atoms with Crippen molar-refractivity contribution in [2.75, 3.05) is 20.1 Å². The first kappa shape index (κ1) is 15.0. The van der Waals surface area contributed by atoms with E-state index in [0.29, 0.717) is 0 Å². The van der Waals surface area contributed by atoms with Gasteiger partial charge in [0, 0.05) is 37.9 Å². The third kappa shape index (κ3) is 3.60. The van der Waals surface area contributed by atoms with Crippen molar-refractivity contribution in [3.05, 3.63) is 18.0 Å². The molecular formula is C15H26N4O. The zero-order chi connectivity index (χ0) is 14.5. The van der Waals surface area contributed by atoms with Gasteiger partial charge in [0.1, 0.15) is 0 Å². The highest BCUT2D eigenvalue weighted by atomic mass is 16.2. The molecule has 0 aliphatic carbocycles. The Labute approximate surface area is 121 Å². The van der Waals surface area contributed by atoms with Crippen LogP contribution >= 0.6 is 0 Å². The number of rotatable bonds is 5. The van der Waals surface area contributed by atoms with Gasteiger partial charge in [0.2, 0.25) is 5.91 Å². The molecule has 2 heterocycles. The van der Waals surface area contributed by atoms with E-state index < -0.39 is 0 Å². The highest BCUT2D eigenvalue weighted by Gasteiger charge is 2.25. The Kier molecular flexibility index (Phi) is 5.17. The summed E-state index contributed by atoms with van der Waals surface area (Å²) in [5, 5.41) is 4.28. The van der Waals surface area contributed by atoms with Crippen molar-refractivity contribution < 1.29 is 4.79 Å². The highest BCUT2D eigenvalue weighted by Crippen LogP contribution is 2.13. The van der Waals surface area contributed by atoms with E-state index in [-0.39, 0.29) is 11.9 Å². The van der Waals surface area contributed by atoms with Crippen LogP contribution in [-0.4, -0.2) is 51.7 Å². The lowest BCUT2D eigenvalue weighted by molar-refractivity contribution is -0.137. The zero-order valence-electron chi connectivity index (χ0n) is 12.9. The van der Waals surface area contributed by atoms with Crippen LogP contribution in [0.3, 0.4) is 0 Å². The number of likely N-dealkylation sites (tertiary alicyclic amines) is 1. The van der Waals surface area contributed by atoms with E-state index in [0.717, 1.165) is 44.6 Å². The second-order valence-electron chi connectivity index (χ2n) is 5.68. The average Bonchev–Trinajstić information content (AvgIpc) is 2.94. The molecule has 5 nitrogen and oxygen atoms in total. The van der Waals surface area contributed by atoms with Gasteiger partial charge in [0.15, 0.2) is 0 Å². The van der Waals surface area contributed by atoms with Gasteiger partial charge in [-0.05, 0) is 40.2 Å². The van der Waals surface area contributed by atoms with Crippen molar-refractivity contribution in [2.45, 2.75) is 52.2 Å². The summed E-state index contributed by atoms with van der Waals surface area (Å²) in [5.41, 5.74) is 1.16. The number of carbonyl (C=O) groups excluding carboxylic acids is 1. The van der Waals surface area contributed by atoms with Gasteiger partial charge in [-0.25, -0.2) is 0 Å². The number of hydrogen-bond acceptors (Lipinski definition) is 3. The maximum atomic E-state index is 12.5. The molecule has 0 saturated carbocycles. The zero-order valence-corrected chi connectivity index (χ0v) is 12.9. The Morgan fingerprint density at radius 1 is 1.40 bits per heavy atom. The molecule has 1 aromatic rings. The monoisotopic (exact) mass is 278 g/mol. The molecule has 1 fully saturated rings. The topological polar surface area (TPSA) is 41.4 Å². The van der Waals surface area contributed by atoms with Crippen molar-refractivity contribution in [3.8, 4) is 0 Å². The first-order chi connectivity index (χ1) is 9.61. The van der Waals surface area contributed by atoms with Gasteiger partial charge in [0.05, 0.1) is 12.2 Å². The molecule has 1 atom stereocenters. The lowest BCUT2D eigenvalue weighted by Crippen LogP contribution is -2.47. The third-order valence-electron chi connectivity index (χ3n) is 4.13. The summed E-state index contributed by atoms with van der Waals surface area (Å²) in [6.45, 7) is 7.56. The van der Waals surface area contributed by atoms with Gasteiger partial charge in [-0.3, -0.25) is 14.4 Å². The van der Waals surface area contributed by atoms with Gasteiger partial charge >= 0.3 is 0 Å². The number of aryl methyl sites for hydroxylation is 1. The van der Waals surface area contributed by atoms with E-state index in [9.17, 15) is 4.79 Å². The van der Waals surface area contributed by atoms with Gasteiger partial charge in [-0.2, -0.15) is 5.10 Å². The molecule has 0 aromatic carbocycles. The summed E-state index contributed by atoms with van der Waals surface area (Å²) in [4.78, 5) is 16.6. The Balaban J connectivity index is 1.90. The summed E-state index contributed by atoms with van der Waals surface area (Å²) in [6.07, 6.45) is 7.48. The average molecular weight is 278 g/mol. The van der Waals surface area contributed by atoms with Crippen LogP contribution in [0.25, 0.3) is 0 Å². The fourth-order valence-corrected chi connectivity index (χ4v) is 2.65. The van der Waals surface area contributed by atoms with Crippen molar-refractivity contribution in [3.63, 3.8) is 0 Å². The summed E-state index contributed by atoms with van der Waals surface area (Å²) in [5.74, 6) is 0.259. The number of hydrogen-bond donors (Lipinski definition) is 0. The number of carbonyl (C=O) groups is 1. The largest absolute Gasteiger partial charge is 0.341 e. The van der Waals surface area contributed by atoms with Crippen LogP contribution in [0.4, 0.5) is 0 Å². The molecule has 0 radical (unpaired) electrons. The number of likely N-dealkylation sites (N-methyl/N-ethyl adjacent to an activating group) is 1. The number of piperidine rings is 1. The van der Waals surface area contributed by atoms with E-state index in [1.807, 2.05) is 29.7 Å². The molecule has 1 aliphatic heterocycles. The maximum Gasteiger partial charge on any atom is 0.239 e. The molecule has 0 N–H and O–H groups in total. The number of nitrogens with zero attached hydrogens (tertiary/aromatic N) is 4. The lowest BCUT2D eigenvalue weighted by Gasteiger charge is -2.32. The van der Waals surface area contributed by atoms with Crippen molar-refractivity contribution in [1.29, 1.82) is 0 Å². The normalized spacial score (nSPS) is 17.5. The van der Waals surface area contributed by atoms with Crippen LogP contribution in [-0.2, 0) is 17.9 Å². The number of amides is 1. The summed E-state index contributed by atoms with van der Waals surface area (Å²) >= 11 is 0. The number of aromatic nitrogens is 2. The fourth-order valence-electron chi connectivity index (χ4n) is 2.65. The second kappa shape index (κ2) is 6.88. The van der Waals surface area contributed by atoms with Gasteiger partial charge < -0.3 is 4.90 Å². The maximum absolute atomic E-state index is 12.5.